The maximum absolute atomic E-state index is 11.7. The Labute approximate surface area is 169 Å². The highest BCUT2D eigenvalue weighted by atomic mass is 16.7. The monoisotopic (exact) mass is 399 g/mol. The predicted octanol–water partition coefficient (Wildman–Crippen LogP) is 1.91. The van der Waals surface area contributed by atoms with Gasteiger partial charge in [-0.25, -0.2) is 0 Å². The van der Waals surface area contributed by atoms with Crippen LogP contribution >= 0.6 is 0 Å². The van der Waals surface area contributed by atoms with Crippen molar-refractivity contribution >= 4 is 5.91 Å². The molecule has 7 heteroatoms. The summed E-state index contributed by atoms with van der Waals surface area (Å²) < 4.78 is 23.8. The number of carbonyl (C=O) groups excluding carboxylic acids is 1. The van der Waals surface area contributed by atoms with E-state index in [2.05, 4.69) is 5.32 Å². The molecule has 29 heavy (non-hydrogen) atoms. The number of aliphatic hydroxyl groups is 1. The average molecular weight is 399 g/mol. The van der Waals surface area contributed by atoms with E-state index in [4.69, 9.17) is 18.9 Å². The molecular formula is C22H25NO6. The molecule has 0 saturated carbocycles. The Balaban J connectivity index is 1.48. The highest BCUT2D eigenvalue weighted by molar-refractivity contribution is 5.73. The molecule has 2 N–H and O–H groups in total. The molecule has 154 valence electrons. The SMILES string of the molecule is CC(=O)N[C@H]1[C@H](OCc2ccccc2)O[C@@H]2CO[C@H](c3ccccc3)O[C@@H]2[C@@H]1O. The van der Waals surface area contributed by atoms with Crippen LogP contribution in [-0.2, 0) is 30.3 Å². The first-order valence-corrected chi connectivity index (χ1v) is 9.70. The lowest BCUT2D eigenvalue weighted by Crippen LogP contribution is -2.66. The lowest BCUT2D eigenvalue weighted by molar-refractivity contribution is -0.345. The molecule has 0 aliphatic carbocycles. The number of hydrogen-bond acceptors (Lipinski definition) is 6. The van der Waals surface area contributed by atoms with E-state index in [0.29, 0.717) is 6.61 Å². The number of amides is 1. The molecule has 2 saturated heterocycles. The van der Waals surface area contributed by atoms with E-state index in [-0.39, 0.29) is 12.5 Å². The second kappa shape index (κ2) is 9.02. The summed E-state index contributed by atoms with van der Waals surface area (Å²) in [5.41, 5.74) is 1.83. The van der Waals surface area contributed by atoms with E-state index in [1.54, 1.807) is 0 Å². The highest BCUT2D eigenvalue weighted by Crippen LogP contribution is 2.34. The Bertz CT molecular complexity index is 801. The zero-order valence-electron chi connectivity index (χ0n) is 16.1. The number of rotatable bonds is 5. The van der Waals surface area contributed by atoms with Gasteiger partial charge >= 0.3 is 0 Å². The summed E-state index contributed by atoms with van der Waals surface area (Å²) in [4.78, 5) is 11.7. The van der Waals surface area contributed by atoms with E-state index >= 15 is 0 Å². The van der Waals surface area contributed by atoms with Gasteiger partial charge in [0.2, 0.25) is 5.91 Å². The molecule has 0 unspecified atom stereocenters. The molecule has 0 bridgehead atoms. The van der Waals surface area contributed by atoms with Crippen LogP contribution in [-0.4, -0.2) is 48.3 Å². The van der Waals surface area contributed by atoms with Crippen molar-refractivity contribution in [3.63, 3.8) is 0 Å². The van der Waals surface area contributed by atoms with Crippen molar-refractivity contribution in [3.8, 4) is 0 Å². The van der Waals surface area contributed by atoms with Crippen LogP contribution in [0.25, 0.3) is 0 Å². The van der Waals surface area contributed by atoms with Crippen LogP contribution in [0.2, 0.25) is 0 Å². The van der Waals surface area contributed by atoms with Crippen molar-refractivity contribution in [2.75, 3.05) is 6.61 Å². The van der Waals surface area contributed by atoms with E-state index in [0.717, 1.165) is 11.1 Å². The molecular weight excluding hydrogens is 374 g/mol. The molecule has 7 nitrogen and oxygen atoms in total. The summed E-state index contributed by atoms with van der Waals surface area (Å²) in [6.45, 7) is 1.93. The van der Waals surface area contributed by atoms with Crippen LogP contribution in [0.4, 0.5) is 0 Å². The molecule has 0 spiro atoms. The zero-order valence-corrected chi connectivity index (χ0v) is 16.1. The normalized spacial score (nSPS) is 31.7. The van der Waals surface area contributed by atoms with Crippen molar-refractivity contribution in [1.29, 1.82) is 0 Å². The Hall–Kier alpha value is -2.29. The van der Waals surface area contributed by atoms with E-state index < -0.39 is 36.9 Å². The fourth-order valence-corrected chi connectivity index (χ4v) is 3.65. The number of benzene rings is 2. The van der Waals surface area contributed by atoms with Crippen LogP contribution in [0.1, 0.15) is 24.3 Å². The molecule has 2 fully saturated rings. The summed E-state index contributed by atoms with van der Waals surface area (Å²) in [6.07, 6.45) is -3.59. The maximum Gasteiger partial charge on any atom is 0.217 e. The van der Waals surface area contributed by atoms with Gasteiger partial charge in [-0.05, 0) is 5.56 Å². The summed E-state index contributed by atoms with van der Waals surface area (Å²) in [5.74, 6) is -0.281. The van der Waals surface area contributed by atoms with E-state index in [9.17, 15) is 9.90 Å². The lowest BCUT2D eigenvalue weighted by atomic mass is 9.95. The molecule has 2 heterocycles. The highest BCUT2D eigenvalue weighted by Gasteiger charge is 2.50. The largest absolute Gasteiger partial charge is 0.388 e. The quantitative estimate of drug-likeness (QED) is 0.799. The van der Waals surface area contributed by atoms with Gasteiger partial charge in [-0.1, -0.05) is 60.7 Å². The minimum Gasteiger partial charge on any atom is -0.388 e. The number of nitrogens with one attached hydrogen (secondary N) is 1. The smallest absolute Gasteiger partial charge is 0.217 e. The third-order valence-electron chi connectivity index (χ3n) is 5.06. The number of ether oxygens (including phenoxy) is 4. The first kappa shape index (κ1) is 20.0. The first-order valence-electron chi connectivity index (χ1n) is 9.70. The van der Waals surface area contributed by atoms with Crippen molar-refractivity contribution in [1.82, 2.24) is 5.32 Å². The summed E-state index contributed by atoms with van der Waals surface area (Å²) in [6, 6.07) is 18.4. The van der Waals surface area contributed by atoms with Crippen LogP contribution in [0.3, 0.4) is 0 Å². The van der Waals surface area contributed by atoms with Crippen LogP contribution in [0, 0.1) is 0 Å². The van der Waals surface area contributed by atoms with Crippen molar-refractivity contribution in [3.05, 3.63) is 71.8 Å². The Morgan fingerprint density at radius 3 is 2.48 bits per heavy atom. The van der Waals surface area contributed by atoms with Gasteiger partial charge in [0.05, 0.1) is 13.2 Å². The van der Waals surface area contributed by atoms with Gasteiger partial charge in [0.25, 0.3) is 0 Å². The standard InChI is InChI=1S/C22H25NO6/c1-14(24)23-18-19(25)20-17(13-27-21(29-20)16-10-6-3-7-11-16)28-22(18)26-12-15-8-4-2-5-9-15/h2-11,17-22,25H,12-13H2,1H3,(H,23,24)/t17-,18-,19-,20+,21+,22-/m1/s1. The Kier molecular flexibility index (Phi) is 6.22. The van der Waals surface area contributed by atoms with Gasteiger partial charge in [0.1, 0.15) is 24.4 Å². The van der Waals surface area contributed by atoms with Crippen LogP contribution < -0.4 is 5.32 Å². The molecule has 6 atom stereocenters. The number of fused-ring (bicyclic) bond motifs is 1. The third-order valence-corrected chi connectivity index (χ3v) is 5.06. The maximum atomic E-state index is 11.7. The van der Waals surface area contributed by atoms with Crippen molar-refractivity contribution in [2.24, 2.45) is 0 Å². The predicted molar refractivity (Wildman–Crippen MR) is 104 cm³/mol. The second-order valence-corrected chi connectivity index (χ2v) is 7.23. The number of carbonyl (C=O) groups is 1. The summed E-state index contributed by atoms with van der Waals surface area (Å²) in [7, 11) is 0. The van der Waals surface area contributed by atoms with E-state index in [1.165, 1.54) is 6.92 Å². The molecule has 0 radical (unpaired) electrons. The van der Waals surface area contributed by atoms with Gasteiger partial charge < -0.3 is 29.4 Å². The van der Waals surface area contributed by atoms with Crippen molar-refractivity contribution < 1.29 is 28.8 Å². The van der Waals surface area contributed by atoms with Crippen molar-refractivity contribution in [2.45, 2.75) is 50.5 Å². The molecule has 2 aromatic carbocycles. The van der Waals surface area contributed by atoms with Gasteiger partial charge in [-0.2, -0.15) is 0 Å². The molecule has 2 aliphatic rings. The zero-order chi connectivity index (χ0) is 20.2. The molecule has 0 aromatic heterocycles. The Morgan fingerprint density at radius 2 is 1.79 bits per heavy atom. The number of aliphatic hydroxyl groups excluding tert-OH is 1. The van der Waals surface area contributed by atoms with Crippen LogP contribution in [0.15, 0.2) is 60.7 Å². The molecule has 4 rings (SSSR count). The topological polar surface area (TPSA) is 86.3 Å². The molecule has 1 amide bonds. The molecule has 2 aliphatic heterocycles. The van der Waals surface area contributed by atoms with Crippen LogP contribution in [0.5, 0.6) is 0 Å². The third kappa shape index (κ3) is 4.66. The first-order chi connectivity index (χ1) is 14.1. The minimum atomic E-state index is -1.01. The summed E-state index contributed by atoms with van der Waals surface area (Å²) in [5, 5.41) is 13.7. The fourth-order valence-electron chi connectivity index (χ4n) is 3.65. The second-order valence-electron chi connectivity index (χ2n) is 7.23. The van der Waals surface area contributed by atoms with Gasteiger partial charge in [-0.3, -0.25) is 4.79 Å². The fraction of sp³-hybridized carbons (Fsp3) is 0.409. The Morgan fingerprint density at radius 1 is 1.10 bits per heavy atom. The van der Waals surface area contributed by atoms with Gasteiger partial charge in [0.15, 0.2) is 12.6 Å². The summed E-state index contributed by atoms with van der Waals surface area (Å²) >= 11 is 0. The molecule has 2 aromatic rings. The van der Waals surface area contributed by atoms with E-state index in [1.807, 2.05) is 60.7 Å². The lowest BCUT2D eigenvalue weighted by Gasteiger charge is -2.47. The average Bonchev–Trinajstić information content (AvgIpc) is 2.75. The van der Waals surface area contributed by atoms with Gasteiger partial charge in [0, 0.05) is 12.5 Å². The van der Waals surface area contributed by atoms with Gasteiger partial charge in [-0.15, -0.1) is 0 Å². The number of hydrogen-bond donors (Lipinski definition) is 2. The minimum absolute atomic E-state index is 0.249.